The minimum Gasteiger partial charge on any atom is -0.507 e. The van der Waals surface area contributed by atoms with E-state index in [0.717, 1.165) is 24.1 Å². The van der Waals surface area contributed by atoms with E-state index in [1.807, 2.05) is 54.6 Å². The highest BCUT2D eigenvalue weighted by Crippen LogP contribution is 2.14. The predicted molar refractivity (Wildman–Crippen MR) is 92.8 cm³/mol. The van der Waals surface area contributed by atoms with Crippen LogP contribution >= 0.6 is 0 Å². The number of hydrogen-bond donors (Lipinski definition) is 1. The third-order valence-corrected chi connectivity index (χ3v) is 3.61. The van der Waals surface area contributed by atoms with E-state index < -0.39 is 0 Å². The molecule has 0 atom stereocenters. The number of benzene rings is 2. The van der Waals surface area contributed by atoms with E-state index >= 15 is 0 Å². The molecule has 0 aliphatic rings. The molecule has 1 aromatic heterocycles. The number of hydrogen-bond acceptors (Lipinski definition) is 3. The van der Waals surface area contributed by atoms with Gasteiger partial charge in [-0.15, -0.1) is 0 Å². The Morgan fingerprint density at radius 3 is 2.30 bits per heavy atom. The van der Waals surface area contributed by atoms with E-state index in [0.29, 0.717) is 5.69 Å². The summed E-state index contributed by atoms with van der Waals surface area (Å²) in [7, 11) is 0. The van der Waals surface area contributed by atoms with Crippen molar-refractivity contribution in [3.8, 4) is 0 Å². The van der Waals surface area contributed by atoms with Crippen LogP contribution in [0.4, 0.5) is 0 Å². The smallest absolute Gasteiger partial charge is 0.124 e. The Labute approximate surface area is 136 Å². The van der Waals surface area contributed by atoms with Gasteiger partial charge in [0.25, 0.3) is 0 Å². The van der Waals surface area contributed by atoms with Crippen LogP contribution in [-0.4, -0.2) is 15.1 Å². The molecule has 0 fully saturated rings. The van der Waals surface area contributed by atoms with Crippen LogP contribution < -0.4 is 0 Å². The van der Waals surface area contributed by atoms with Crippen LogP contribution in [0.2, 0.25) is 0 Å². The van der Waals surface area contributed by atoms with Crippen LogP contribution in [0.1, 0.15) is 22.5 Å². The van der Waals surface area contributed by atoms with Crippen LogP contribution in [0.15, 0.2) is 73.1 Å². The molecule has 1 N–H and O–H groups in total. The highest BCUT2D eigenvalue weighted by molar-refractivity contribution is 5.74. The summed E-state index contributed by atoms with van der Waals surface area (Å²) in [4.78, 5) is 8.52. The van der Waals surface area contributed by atoms with Gasteiger partial charge in [-0.25, -0.2) is 9.97 Å². The van der Waals surface area contributed by atoms with Gasteiger partial charge in [0.2, 0.25) is 0 Å². The quantitative estimate of drug-likeness (QED) is 0.714. The highest BCUT2D eigenvalue weighted by atomic mass is 16.3. The molecule has 0 saturated heterocycles. The number of aliphatic hydroxyl groups is 1. The van der Waals surface area contributed by atoms with E-state index in [1.54, 1.807) is 12.4 Å². The number of aryl methyl sites for hydroxylation is 2. The van der Waals surface area contributed by atoms with Crippen molar-refractivity contribution in [3.05, 3.63) is 95.6 Å². The Balaban J connectivity index is 1.72. The molecule has 0 amide bonds. The second kappa shape index (κ2) is 7.36. The Hall–Kier alpha value is -2.94. The van der Waals surface area contributed by atoms with Gasteiger partial charge >= 0.3 is 0 Å². The van der Waals surface area contributed by atoms with Crippen molar-refractivity contribution >= 4 is 11.8 Å². The van der Waals surface area contributed by atoms with Crippen molar-refractivity contribution in [3.63, 3.8) is 0 Å². The summed E-state index contributed by atoms with van der Waals surface area (Å²) in [5, 5.41) is 10.2. The average Bonchev–Trinajstić information content (AvgIpc) is 2.62. The topological polar surface area (TPSA) is 46.0 Å². The van der Waals surface area contributed by atoms with Crippen molar-refractivity contribution in [2.24, 2.45) is 0 Å². The average molecular weight is 302 g/mol. The molecule has 0 aliphatic carbocycles. The number of aliphatic hydroxyl groups excluding tert-OH is 1. The molecule has 3 rings (SSSR count). The number of nitrogens with zero attached hydrogens (tertiary/aromatic N) is 2. The zero-order valence-corrected chi connectivity index (χ0v) is 12.8. The second-order valence-corrected chi connectivity index (χ2v) is 5.32. The van der Waals surface area contributed by atoms with Crippen molar-refractivity contribution < 1.29 is 5.11 Å². The van der Waals surface area contributed by atoms with Gasteiger partial charge < -0.3 is 5.11 Å². The lowest BCUT2D eigenvalue weighted by atomic mass is 10.1. The lowest BCUT2D eigenvalue weighted by Gasteiger charge is -2.03. The lowest BCUT2D eigenvalue weighted by molar-refractivity contribution is 0.515. The molecule has 0 saturated carbocycles. The zero-order chi connectivity index (χ0) is 15.9. The van der Waals surface area contributed by atoms with Gasteiger partial charge in [-0.2, -0.15) is 0 Å². The molecular weight excluding hydrogens is 284 g/mol. The van der Waals surface area contributed by atoms with Crippen LogP contribution in [-0.2, 0) is 12.8 Å². The van der Waals surface area contributed by atoms with Gasteiger partial charge in [-0.05, 0) is 24.5 Å². The van der Waals surface area contributed by atoms with E-state index in [1.165, 1.54) is 5.56 Å². The van der Waals surface area contributed by atoms with Crippen LogP contribution in [0.3, 0.4) is 0 Å². The summed E-state index contributed by atoms with van der Waals surface area (Å²) < 4.78 is 0. The minimum absolute atomic E-state index is 0.207. The van der Waals surface area contributed by atoms with Crippen LogP contribution in [0, 0.1) is 0 Å². The lowest BCUT2D eigenvalue weighted by Crippen LogP contribution is -1.96. The summed E-state index contributed by atoms with van der Waals surface area (Å²) in [6, 6.07) is 21.7. The molecule has 3 aromatic rings. The summed E-state index contributed by atoms with van der Waals surface area (Å²) in [6.07, 6.45) is 5.00. The standard InChI is InChI=1S/C20H18N2O/c23-20(17-9-5-2-6-10-17)14-19-13-18(21-15-22-19)12-11-16-7-3-1-4-8-16/h1-10,13-15,23H,11-12H2/b20-14-. The molecule has 2 aromatic carbocycles. The molecular formula is C20H18N2O. The van der Waals surface area contributed by atoms with Gasteiger partial charge in [0, 0.05) is 17.3 Å². The normalized spacial score (nSPS) is 11.4. The molecule has 114 valence electrons. The molecule has 23 heavy (non-hydrogen) atoms. The SMILES string of the molecule is O/C(=C\c1cc(CCc2ccccc2)ncn1)c1ccccc1. The van der Waals surface area contributed by atoms with Gasteiger partial charge in [0.1, 0.15) is 12.1 Å². The van der Waals surface area contributed by atoms with Crippen LogP contribution in [0.5, 0.6) is 0 Å². The van der Waals surface area contributed by atoms with Crippen molar-refractivity contribution in [2.45, 2.75) is 12.8 Å². The van der Waals surface area contributed by atoms with Crippen LogP contribution in [0.25, 0.3) is 11.8 Å². The number of aromatic nitrogens is 2. The first-order chi connectivity index (χ1) is 11.3. The van der Waals surface area contributed by atoms with E-state index in [2.05, 4.69) is 22.1 Å². The summed E-state index contributed by atoms with van der Waals surface area (Å²) in [5.41, 5.74) is 3.74. The zero-order valence-electron chi connectivity index (χ0n) is 12.8. The Morgan fingerprint density at radius 1 is 0.870 bits per heavy atom. The summed E-state index contributed by atoms with van der Waals surface area (Å²) in [6.45, 7) is 0. The summed E-state index contributed by atoms with van der Waals surface area (Å²) in [5.74, 6) is 0.207. The van der Waals surface area contributed by atoms with E-state index in [4.69, 9.17) is 0 Å². The maximum absolute atomic E-state index is 10.2. The van der Waals surface area contributed by atoms with Gasteiger partial charge in [-0.1, -0.05) is 60.7 Å². The van der Waals surface area contributed by atoms with E-state index in [9.17, 15) is 5.11 Å². The molecule has 0 unspecified atom stereocenters. The molecule has 3 nitrogen and oxygen atoms in total. The molecule has 0 radical (unpaired) electrons. The minimum atomic E-state index is 0.207. The fourth-order valence-corrected chi connectivity index (χ4v) is 2.38. The Morgan fingerprint density at radius 2 is 1.57 bits per heavy atom. The monoisotopic (exact) mass is 302 g/mol. The first-order valence-corrected chi connectivity index (χ1v) is 7.62. The largest absolute Gasteiger partial charge is 0.507 e. The van der Waals surface area contributed by atoms with Crippen molar-refractivity contribution in [1.82, 2.24) is 9.97 Å². The van der Waals surface area contributed by atoms with E-state index in [-0.39, 0.29) is 5.76 Å². The van der Waals surface area contributed by atoms with Gasteiger partial charge in [0.15, 0.2) is 0 Å². The molecule has 0 spiro atoms. The fourth-order valence-electron chi connectivity index (χ4n) is 2.38. The predicted octanol–water partition coefficient (Wildman–Crippen LogP) is 4.32. The first-order valence-electron chi connectivity index (χ1n) is 7.62. The highest BCUT2D eigenvalue weighted by Gasteiger charge is 2.02. The maximum atomic E-state index is 10.2. The van der Waals surface area contributed by atoms with Crippen molar-refractivity contribution in [1.29, 1.82) is 0 Å². The maximum Gasteiger partial charge on any atom is 0.124 e. The second-order valence-electron chi connectivity index (χ2n) is 5.32. The van der Waals surface area contributed by atoms with Gasteiger partial charge in [0.05, 0.1) is 5.69 Å². The molecule has 1 heterocycles. The molecule has 0 bridgehead atoms. The summed E-state index contributed by atoms with van der Waals surface area (Å²) >= 11 is 0. The molecule has 3 heteroatoms. The molecule has 0 aliphatic heterocycles. The first kappa shape index (κ1) is 15.0. The Bertz CT molecular complexity index is 783. The Kier molecular flexibility index (Phi) is 4.79. The third kappa shape index (κ3) is 4.27. The third-order valence-electron chi connectivity index (χ3n) is 3.61. The van der Waals surface area contributed by atoms with Gasteiger partial charge in [-0.3, -0.25) is 0 Å². The van der Waals surface area contributed by atoms with Crippen molar-refractivity contribution in [2.75, 3.05) is 0 Å². The number of rotatable bonds is 5. The fraction of sp³-hybridized carbons (Fsp3) is 0.100.